The molecular formula is H4CrKO4. The van der Waals surface area contributed by atoms with Gasteiger partial charge in [-0.3, -0.25) is 0 Å². The monoisotopic (exact) mass is 159 g/mol. The summed E-state index contributed by atoms with van der Waals surface area (Å²) in [4.78, 5) is 0. The standard InChI is InChI=1S/Cr.K.4H2O/h;;4*1H2/q+3;+1;;;;/p-4. The molecule has 4 N–H and O–H groups in total. The molecule has 0 saturated carbocycles. The maximum atomic E-state index is 0. The smallest absolute Gasteiger partial charge is 0.870 e. The normalized spacial score (nSPS) is 0. The van der Waals surface area contributed by atoms with Crippen LogP contribution in [0.4, 0.5) is 0 Å². The molecule has 35 valence electrons. The summed E-state index contributed by atoms with van der Waals surface area (Å²) in [6.45, 7) is 0. The Balaban J connectivity index is 0. The van der Waals surface area contributed by atoms with Gasteiger partial charge in [0.25, 0.3) is 0 Å². The summed E-state index contributed by atoms with van der Waals surface area (Å²) in [7, 11) is 0. The largest absolute Gasteiger partial charge is 3.00 e. The maximum absolute atomic E-state index is 0. The second-order valence-corrected chi connectivity index (χ2v) is 0. The molecule has 0 aliphatic rings. The van der Waals surface area contributed by atoms with Gasteiger partial charge in [0.15, 0.2) is 0 Å². The Kier molecular flexibility index (Phi) is 1020. The Morgan fingerprint density at radius 2 is 0.500 bits per heavy atom. The topological polar surface area (TPSA) is 120 Å². The van der Waals surface area contributed by atoms with Crippen molar-refractivity contribution in [1.29, 1.82) is 0 Å². The van der Waals surface area contributed by atoms with Crippen molar-refractivity contribution in [2.45, 2.75) is 0 Å². The van der Waals surface area contributed by atoms with Crippen molar-refractivity contribution in [3.8, 4) is 0 Å². The molecule has 0 rings (SSSR count). The third-order valence-electron chi connectivity index (χ3n) is 0. The molecule has 6 heteroatoms. The molecule has 0 fully saturated rings. The minimum Gasteiger partial charge on any atom is -0.870 e. The Morgan fingerprint density at radius 1 is 0.500 bits per heavy atom. The van der Waals surface area contributed by atoms with Gasteiger partial charge < -0.3 is 21.9 Å². The molecule has 0 aliphatic carbocycles. The molecule has 0 spiro atoms. The molecule has 0 atom stereocenters. The van der Waals surface area contributed by atoms with Crippen LogP contribution in [-0.2, 0) is 17.4 Å². The Bertz CT molecular complexity index is 7.51. The second-order valence-electron chi connectivity index (χ2n) is 0. The predicted molar refractivity (Wildman–Crippen MR) is 7.74 cm³/mol. The first-order chi connectivity index (χ1) is 0. The first-order valence-electron chi connectivity index (χ1n) is 0. The average molecular weight is 159 g/mol. The van der Waals surface area contributed by atoms with Crippen LogP contribution in [0.2, 0.25) is 0 Å². The summed E-state index contributed by atoms with van der Waals surface area (Å²) < 4.78 is 0. The average Bonchev–Trinajstić information content (AvgIpc) is 0. The van der Waals surface area contributed by atoms with E-state index in [9.17, 15) is 0 Å². The van der Waals surface area contributed by atoms with Crippen LogP contribution in [0.1, 0.15) is 0 Å². The minimum absolute atomic E-state index is 0. The van der Waals surface area contributed by atoms with Gasteiger partial charge in [-0.2, -0.15) is 0 Å². The van der Waals surface area contributed by atoms with Crippen LogP contribution in [0.5, 0.6) is 0 Å². The van der Waals surface area contributed by atoms with E-state index in [1.54, 1.807) is 0 Å². The van der Waals surface area contributed by atoms with Crippen molar-refractivity contribution in [2.24, 2.45) is 0 Å². The number of hydrogen-bond donors (Lipinski definition) is 0. The van der Waals surface area contributed by atoms with Gasteiger partial charge in [0.05, 0.1) is 0 Å². The third-order valence-corrected chi connectivity index (χ3v) is 0. The molecule has 0 aromatic heterocycles. The van der Waals surface area contributed by atoms with Gasteiger partial charge in [-0.05, 0) is 0 Å². The van der Waals surface area contributed by atoms with E-state index in [4.69, 9.17) is 0 Å². The van der Waals surface area contributed by atoms with Crippen molar-refractivity contribution in [2.75, 3.05) is 0 Å². The zero-order valence-electron chi connectivity index (χ0n) is 3.20. The van der Waals surface area contributed by atoms with Crippen LogP contribution >= 0.6 is 0 Å². The summed E-state index contributed by atoms with van der Waals surface area (Å²) in [6.07, 6.45) is 0. The van der Waals surface area contributed by atoms with E-state index in [0.29, 0.717) is 0 Å². The molecule has 0 aliphatic heterocycles. The van der Waals surface area contributed by atoms with E-state index in [2.05, 4.69) is 0 Å². The summed E-state index contributed by atoms with van der Waals surface area (Å²) in [5.41, 5.74) is 0. The van der Waals surface area contributed by atoms with Gasteiger partial charge in [-0.25, -0.2) is 0 Å². The molecule has 0 unspecified atom stereocenters. The zero-order chi connectivity index (χ0) is 0. The van der Waals surface area contributed by atoms with Gasteiger partial charge in [0.1, 0.15) is 0 Å². The van der Waals surface area contributed by atoms with Crippen LogP contribution in [0.15, 0.2) is 0 Å². The molecule has 0 aromatic carbocycles. The fraction of sp³-hybridized carbons (Fsp3) is 0. The summed E-state index contributed by atoms with van der Waals surface area (Å²) in [6, 6.07) is 0. The fourth-order valence-corrected chi connectivity index (χ4v) is 0. The first kappa shape index (κ1) is 97.5. The molecule has 0 saturated heterocycles. The predicted octanol–water partition coefficient (Wildman–Crippen LogP) is -3.71. The van der Waals surface area contributed by atoms with Gasteiger partial charge in [-0.1, -0.05) is 0 Å². The summed E-state index contributed by atoms with van der Waals surface area (Å²) in [5.74, 6) is 0. The maximum Gasteiger partial charge on any atom is 3.00 e. The van der Waals surface area contributed by atoms with E-state index >= 15 is 0 Å². The first-order valence-corrected chi connectivity index (χ1v) is 0. The van der Waals surface area contributed by atoms with Crippen molar-refractivity contribution in [3.05, 3.63) is 0 Å². The van der Waals surface area contributed by atoms with E-state index < -0.39 is 0 Å². The minimum atomic E-state index is 0. The Hall–Kier alpha value is 2.01. The van der Waals surface area contributed by atoms with Crippen LogP contribution < -0.4 is 51.4 Å². The molecule has 0 bridgehead atoms. The summed E-state index contributed by atoms with van der Waals surface area (Å²) in [5, 5.41) is 0. The Morgan fingerprint density at radius 3 is 0.500 bits per heavy atom. The van der Waals surface area contributed by atoms with Crippen molar-refractivity contribution in [1.82, 2.24) is 0 Å². The van der Waals surface area contributed by atoms with Gasteiger partial charge >= 0.3 is 68.7 Å². The van der Waals surface area contributed by atoms with E-state index in [0.717, 1.165) is 0 Å². The molecule has 4 nitrogen and oxygen atoms in total. The number of rotatable bonds is 0. The molecule has 0 heterocycles. The van der Waals surface area contributed by atoms with E-state index in [-0.39, 0.29) is 90.7 Å². The van der Waals surface area contributed by atoms with Crippen LogP contribution in [0, 0.1) is 0 Å². The van der Waals surface area contributed by atoms with Crippen molar-refractivity contribution >= 4 is 0 Å². The van der Waals surface area contributed by atoms with Gasteiger partial charge in [-0.15, -0.1) is 0 Å². The quantitative estimate of drug-likeness (QED) is 0.337. The molecule has 0 aromatic rings. The van der Waals surface area contributed by atoms with Crippen molar-refractivity contribution in [3.63, 3.8) is 0 Å². The number of hydrogen-bond acceptors (Lipinski definition) is 4. The van der Waals surface area contributed by atoms with Crippen LogP contribution in [-0.4, -0.2) is 21.9 Å². The molecule has 0 amide bonds. The van der Waals surface area contributed by atoms with Gasteiger partial charge in [0, 0.05) is 0 Å². The molecule has 1 radical (unpaired) electrons. The zero-order valence-corrected chi connectivity index (χ0v) is 7.60. The molecule has 6 heavy (non-hydrogen) atoms. The van der Waals surface area contributed by atoms with E-state index in [1.165, 1.54) is 0 Å². The third kappa shape index (κ3) is 37.4. The summed E-state index contributed by atoms with van der Waals surface area (Å²) >= 11 is 0. The fourth-order valence-electron chi connectivity index (χ4n) is 0. The SMILES string of the molecule is [Cr+3].[K+].[OH-].[OH-].[OH-].[OH-]. The van der Waals surface area contributed by atoms with Crippen LogP contribution in [0.3, 0.4) is 0 Å². The Labute approximate surface area is 89.1 Å². The van der Waals surface area contributed by atoms with E-state index in [1.807, 2.05) is 0 Å². The second kappa shape index (κ2) is 62.7. The van der Waals surface area contributed by atoms with Crippen LogP contribution in [0.25, 0.3) is 0 Å². The van der Waals surface area contributed by atoms with Crippen molar-refractivity contribution < 1.29 is 90.7 Å². The van der Waals surface area contributed by atoms with Gasteiger partial charge in [0.2, 0.25) is 0 Å². The molecular weight excluding hydrogens is 155 g/mol.